The number of benzene rings is 2. The van der Waals surface area contributed by atoms with Crippen LogP contribution in [0.4, 0.5) is 35.5 Å². The molecule has 0 unspecified atom stereocenters. The summed E-state index contributed by atoms with van der Waals surface area (Å²) >= 11 is 0.688. The lowest BCUT2D eigenvalue weighted by molar-refractivity contribution is -0.143. The number of aromatic nitrogens is 2. The van der Waals surface area contributed by atoms with Gasteiger partial charge in [0.15, 0.2) is 0 Å². The molecule has 3 aromatic rings. The van der Waals surface area contributed by atoms with Crippen LogP contribution in [0.3, 0.4) is 0 Å². The standard InChI is InChI=1S/C25H19F7N4O2S/c26-18-5-6-33-11-20(18)36-22(37)21(39-23(36)38)8-13-1-4-19-15(7-13)10-34-35(19)12-14-2-3-16(24(27,28)29)9-17(14)25(30,31)32/h1-4,7-10,18,20,33H,5-6,11-12H2/b21-8-/t18-,20+/m0/s1. The number of fused-ring (bicyclic) bond motifs is 1. The summed E-state index contributed by atoms with van der Waals surface area (Å²) in [5.74, 6) is -0.612. The van der Waals surface area contributed by atoms with Crippen LogP contribution in [0.25, 0.3) is 17.0 Å². The van der Waals surface area contributed by atoms with Gasteiger partial charge >= 0.3 is 12.4 Å². The number of halogens is 7. The molecule has 14 heteroatoms. The number of rotatable bonds is 4. The second-order valence-electron chi connectivity index (χ2n) is 9.12. The Morgan fingerprint density at radius 2 is 1.82 bits per heavy atom. The highest BCUT2D eigenvalue weighted by atomic mass is 32.2. The molecule has 0 radical (unpaired) electrons. The Morgan fingerprint density at radius 1 is 1.05 bits per heavy atom. The number of carbonyl (C=O) groups excluding carboxylic acids is 2. The van der Waals surface area contributed by atoms with E-state index >= 15 is 0 Å². The Hall–Kier alpha value is -3.39. The van der Waals surface area contributed by atoms with Crippen LogP contribution >= 0.6 is 11.8 Å². The molecule has 2 atom stereocenters. The van der Waals surface area contributed by atoms with Gasteiger partial charge in [0.05, 0.1) is 40.3 Å². The first-order valence-corrected chi connectivity index (χ1v) is 12.5. The van der Waals surface area contributed by atoms with Crippen molar-refractivity contribution in [1.29, 1.82) is 0 Å². The number of imide groups is 1. The number of nitrogens with zero attached hydrogens (tertiary/aromatic N) is 3. The summed E-state index contributed by atoms with van der Waals surface area (Å²) in [6.45, 7) is 0.176. The van der Waals surface area contributed by atoms with E-state index in [4.69, 9.17) is 0 Å². The molecule has 0 aliphatic carbocycles. The zero-order valence-corrected chi connectivity index (χ0v) is 20.6. The Kier molecular flexibility index (Phi) is 6.95. The molecule has 1 N–H and O–H groups in total. The van der Waals surface area contributed by atoms with Crippen LogP contribution in [-0.4, -0.2) is 51.1 Å². The van der Waals surface area contributed by atoms with Gasteiger partial charge in [-0.05, 0) is 66.2 Å². The molecular weight excluding hydrogens is 553 g/mol. The number of nitrogens with one attached hydrogen (secondary N) is 1. The molecular formula is C25H19F7N4O2S. The van der Waals surface area contributed by atoms with Crippen molar-refractivity contribution in [3.05, 3.63) is 69.8 Å². The van der Waals surface area contributed by atoms with Gasteiger partial charge in [-0.15, -0.1) is 0 Å². The lowest BCUT2D eigenvalue weighted by atomic mass is 10.0. The first-order chi connectivity index (χ1) is 18.3. The minimum atomic E-state index is -5.01. The van der Waals surface area contributed by atoms with E-state index in [-0.39, 0.29) is 29.5 Å². The molecule has 3 heterocycles. The van der Waals surface area contributed by atoms with Gasteiger partial charge in [-0.1, -0.05) is 12.1 Å². The Labute approximate surface area is 220 Å². The third-order valence-electron chi connectivity index (χ3n) is 6.55. The second-order valence-corrected chi connectivity index (χ2v) is 10.1. The molecule has 1 aromatic heterocycles. The number of carbonyl (C=O) groups is 2. The highest BCUT2D eigenvalue weighted by Gasteiger charge is 2.44. The van der Waals surface area contributed by atoms with E-state index in [0.29, 0.717) is 40.8 Å². The molecule has 2 saturated heterocycles. The summed E-state index contributed by atoms with van der Waals surface area (Å²) in [7, 11) is 0. The van der Waals surface area contributed by atoms with E-state index in [9.17, 15) is 40.3 Å². The minimum Gasteiger partial charge on any atom is -0.314 e. The van der Waals surface area contributed by atoms with Gasteiger partial charge in [-0.3, -0.25) is 19.2 Å². The largest absolute Gasteiger partial charge is 0.416 e. The fraction of sp³-hybridized carbons (Fsp3) is 0.320. The highest BCUT2D eigenvalue weighted by molar-refractivity contribution is 8.18. The van der Waals surface area contributed by atoms with Crippen molar-refractivity contribution in [2.45, 2.75) is 37.5 Å². The van der Waals surface area contributed by atoms with Gasteiger partial charge in [0.2, 0.25) is 0 Å². The van der Waals surface area contributed by atoms with Crippen LogP contribution in [-0.2, 0) is 23.7 Å². The lowest BCUT2D eigenvalue weighted by Gasteiger charge is -2.32. The third kappa shape index (κ3) is 5.39. The van der Waals surface area contributed by atoms with Crippen LogP contribution < -0.4 is 5.32 Å². The molecule has 0 saturated carbocycles. The highest BCUT2D eigenvalue weighted by Crippen LogP contribution is 2.38. The first-order valence-electron chi connectivity index (χ1n) is 11.7. The summed E-state index contributed by atoms with van der Waals surface area (Å²) in [5.41, 5.74) is -2.29. The predicted molar refractivity (Wildman–Crippen MR) is 129 cm³/mol. The van der Waals surface area contributed by atoms with E-state index in [1.807, 2.05) is 0 Å². The summed E-state index contributed by atoms with van der Waals surface area (Å²) < 4.78 is 95.2. The maximum absolute atomic E-state index is 14.4. The van der Waals surface area contributed by atoms with Gasteiger partial charge in [-0.2, -0.15) is 31.4 Å². The quantitative estimate of drug-likeness (QED) is 0.314. The Morgan fingerprint density at radius 3 is 2.51 bits per heavy atom. The zero-order chi connectivity index (χ0) is 28.1. The number of alkyl halides is 7. The lowest BCUT2D eigenvalue weighted by Crippen LogP contribution is -2.53. The maximum Gasteiger partial charge on any atom is 0.416 e. The van der Waals surface area contributed by atoms with Gasteiger partial charge < -0.3 is 5.32 Å². The van der Waals surface area contributed by atoms with Crippen LogP contribution in [0.15, 0.2) is 47.5 Å². The smallest absolute Gasteiger partial charge is 0.314 e. The van der Waals surface area contributed by atoms with Crippen molar-refractivity contribution in [1.82, 2.24) is 20.0 Å². The molecule has 206 valence electrons. The molecule has 0 spiro atoms. The van der Waals surface area contributed by atoms with Gasteiger partial charge in [0.1, 0.15) is 6.17 Å². The number of hydrogen-bond donors (Lipinski definition) is 1. The Bertz CT molecular complexity index is 1480. The molecule has 6 nitrogen and oxygen atoms in total. The summed E-state index contributed by atoms with van der Waals surface area (Å²) in [4.78, 5) is 26.4. The van der Waals surface area contributed by atoms with E-state index in [0.717, 1.165) is 11.0 Å². The molecule has 2 aromatic carbocycles. The van der Waals surface area contributed by atoms with Gasteiger partial charge in [-0.25, -0.2) is 4.39 Å². The van der Waals surface area contributed by atoms with Crippen molar-refractivity contribution < 1.29 is 40.3 Å². The average molecular weight is 573 g/mol. The van der Waals surface area contributed by atoms with Crippen molar-refractivity contribution in [2.75, 3.05) is 13.1 Å². The first kappa shape index (κ1) is 27.2. The zero-order valence-electron chi connectivity index (χ0n) is 19.8. The van der Waals surface area contributed by atoms with Crippen LogP contribution in [0, 0.1) is 0 Å². The molecule has 5 rings (SSSR count). The maximum atomic E-state index is 14.4. The second kappa shape index (κ2) is 9.97. The molecule has 2 aliphatic heterocycles. The van der Waals surface area contributed by atoms with Crippen molar-refractivity contribution >= 4 is 39.9 Å². The van der Waals surface area contributed by atoms with Crippen LogP contribution in [0.5, 0.6) is 0 Å². The van der Waals surface area contributed by atoms with Gasteiger partial charge in [0.25, 0.3) is 11.1 Å². The van der Waals surface area contributed by atoms with E-state index in [1.165, 1.54) is 17.0 Å². The third-order valence-corrected chi connectivity index (χ3v) is 7.43. The van der Waals surface area contributed by atoms with Crippen LogP contribution in [0.2, 0.25) is 0 Å². The normalized spacial score (nSPS) is 21.9. The Balaban J connectivity index is 1.40. The minimum absolute atomic E-state index is 0.0840. The van der Waals surface area contributed by atoms with Crippen LogP contribution in [0.1, 0.15) is 28.7 Å². The van der Waals surface area contributed by atoms with E-state index < -0.39 is 53.4 Å². The monoisotopic (exact) mass is 572 g/mol. The number of hydrogen-bond acceptors (Lipinski definition) is 5. The van der Waals surface area contributed by atoms with E-state index in [1.54, 1.807) is 18.2 Å². The molecule has 2 fully saturated rings. The topological polar surface area (TPSA) is 67.2 Å². The van der Waals surface area contributed by atoms with E-state index in [2.05, 4.69) is 10.4 Å². The predicted octanol–water partition coefficient (Wildman–Crippen LogP) is 5.86. The average Bonchev–Trinajstić information content (AvgIpc) is 3.37. The molecule has 39 heavy (non-hydrogen) atoms. The van der Waals surface area contributed by atoms with Gasteiger partial charge in [0, 0.05) is 11.9 Å². The molecule has 2 aliphatic rings. The fourth-order valence-electron chi connectivity index (χ4n) is 4.62. The van der Waals surface area contributed by atoms with Crippen molar-refractivity contribution in [2.24, 2.45) is 0 Å². The fourth-order valence-corrected chi connectivity index (χ4v) is 5.50. The number of thioether (sulfide) groups is 1. The SMILES string of the molecule is O=C1S/C(=C\c2ccc3c(cnn3Cc3ccc(C(F)(F)F)cc3C(F)(F)F)c2)C(=O)N1[C@@H]1CNCC[C@@H]1F. The number of piperidine rings is 1. The molecule has 0 bridgehead atoms. The summed E-state index contributed by atoms with van der Waals surface area (Å²) in [6.07, 6.45) is -8.25. The summed E-state index contributed by atoms with van der Waals surface area (Å²) in [6, 6.07) is 5.27. The van der Waals surface area contributed by atoms with Crippen molar-refractivity contribution in [3.63, 3.8) is 0 Å². The number of amides is 2. The van der Waals surface area contributed by atoms with Crippen molar-refractivity contribution in [3.8, 4) is 0 Å². The molecule has 2 amide bonds. The summed E-state index contributed by atoms with van der Waals surface area (Å²) in [5, 5.41) is 6.98.